The van der Waals surface area contributed by atoms with Gasteiger partial charge in [-0.2, -0.15) is 0 Å². The molecule has 7 nitrogen and oxygen atoms in total. The molecule has 1 heterocycles. The molecular weight excluding hydrogens is 443 g/mol. The summed E-state index contributed by atoms with van der Waals surface area (Å²) < 4.78 is 14.9. The molecule has 1 aromatic heterocycles. The zero-order valence-electron chi connectivity index (χ0n) is 17.0. The van der Waals surface area contributed by atoms with Crippen molar-refractivity contribution in [3.63, 3.8) is 0 Å². The molecule has 2 N–H and O–H groups in total. The standard InChI is InChI=1S/C21H20ClFN4O3S/c1-21(2,3)26-19(30)25-17(28)11-31-20-24-16-7-5-4-6-13(16)18(29)27(20)12-8-9-15(23)14(22)10-12/h4-10H,11H2,1-3H3,(H2,25,26,28,30). The van der Waals surface area contributed by atoms with Crippen LogP contribution in [-0.2, 0) is 4.79 Å². The lowest BCUT2D eigenvalue weighted by Crippen LogP contribution is -2.48. The number of nitrogens with zero attached hydrogens (tertiary/aromatic N) is 2. The lowest BCUT2D eigenvalue weighted by molar-refractivity contribution is -0.117. The van der Waals surface area contributed by atoms with Gasteiger partial charge in [0.05, 0.1) is 27.4 Å². The summed E-state index contributed by atoms with van der Waals surface area (Å²) in [7, 11) is 0. The molecule has 0 fully saturated rings. The van der Waals surface area contributed by atoms with Crippen LogP contribution in [0.3, 0.4) is 0 Å². The Kier molecular flexibility index (Phi) is 6.66. The highest BCUT2D eigenvalue weighted by Gasteiger charge is 2.18. The van der Waals surface area contributed by atoms with E-state index in [-0.39, 0.29) is 21.5 Å². The highest BCUT2D eigenvalue weighted by Crippen LogP contribution is 2.24. The van der Waals surface area contributed by atoms with Crippen LogP contribution in [0.15, 0.2) is 52.4 Å². The zero-order chi connectivity index (χ0) is 22.8. The number of fused-ring (bicyclic) bond motifs is 1. The van der Waals surface area contributed by atoms with Crippen LogP contribution in [0.4, 0.5) is 9.18 Å². The van der Waals surface area contributed by atoms with E-state index in [4.69, 9.17) is 11.6 Å². The van der Waals surface area contributed by atoms with Crippen molar-refractivity contribution >= 4 is 46.2 Å². The molecule has 0 aliphatic rings. The van der Waals surface area contributed by atoms with Crippen molar-refractivity contribution in [2.75, 3.05) is 5.75 Å². The molecular formula is C21H20ClFN4O3S. The van der Waals surface area contributed by atoms with Gasteiger partial charge in [-0.15, -0.1) is 0 Å². The topological polar surface area (TPSA) is 93.1 Å². The summed E-state index contributed by atoms with van der Waals surface area (Å²) in [5, 5.41) is 5.29. The van der Waals surface area contributed by atoms with E-state index in [1.54, 1.807) is 45.0 Å². The van der Waals surface area contributed by atoms with Crippen molar-refractivity contribution < 1.29 is 14.0 Å². The number of carbonyl (C=O) groups is 2. The van der Waals surface area contributed by atoms with Crippen LogP contribution in [0, 0.1) is 5.82 Å². The van der Waals surface area contributed by atoms with Crippen LogP contribution in [0.1, 0.15) is 20.8 Å². The predicted octanol–water partition coefficient (Wildman–Crippen LogP) is 3.89. The zero-order valence-corrected chi connectivity index (χ0v) is 18.6. The molecule has 3 aromatic rings. The summed E-state index contributed by atoms with van der Waals surface area (Å²) in [5.74, 6) is -1.35. The molecule has 2 aromatic carbocycles. The number of hydrogen-bond acceptors (Lipinski definition) is 5. The minimum atomic E-state index is -0.620. The fraction of sp³-hybridized carbons (Fsp3) is 0.238. The average molecular weight is 463 g/mol. The fourth-order valence-corrected chi connectivity index (χ4v) is 3.71. The number of benzene rings is 2. The molecule has 3 rings (SSSR count). The van der Waals surface area contributed by atoms with Crippen molar-refractivity contribution in [2.24, 2.45) is 0 Å². The Morgan fingerprint density at radius 3 is 2.58 bits per heavy atom. The Hall–Kier alpha value is -2.91. The first kappa shape index (κ1) is 22.8. The van der Waals surface area contributed by atoms with Crippen LogP contribution >= 0.6 is 23.4 Å². The van der Waals surface area contributed by atoms with Gasteiger partial charge < -0.3 is 5.32 Å². The van der Waals surface area contributed by atoms with Gasteiger partial charge in [0, 0.05) is 5.54 Å². The number of para-hydroxylation sites is 1. The number of halogens is 2. The monoisotopic (exact) mass is 462 g/mol. The lowest BCUT2D eigenvalue weighted by atomic mass is 10.1. The van der Waals surface area contributed by atoms with E-state index in [9.17, 15) is 18.8 Å². The van der Waals surface area contributed by atoms with Crippen LogP contribution in [-0.4, -0.2) is 32.8 Å². The number of aromatic nitrogens is 2. The first-order chi connectivity index (χ1) is 14.5. The van der Waals surface area contributed by atoms with Crippen LogP contribution < -0.4 is 16.2 Å². The third kappa shape index (κ3) is 5.62. The first-order valence-corrected chi connectivity index (χ1v) is 10.6. The number of hydrogen-bond donors (Lipinski definition) is 2. The molecule has 0 aliphatic carbocycles. The van der Waals surface area contributed by atoms with Gasteiger partial charge in [-0.05, 0) is 51.1 Å². The van der Waals surface area contributed by atoms with Gasteiger partial charge in [0.15, 0.2) is 5.16 Å². The second kappa shape index (κ2) is 9.07. The highest BCUT2D eigenvalue weighted by molar-refractivity contribution is 7.99. The summed E-state index contributed by atoms with van der Waals surface area (Å²) in [6.45, 7) is 5.37. The van der Waals surface area contributed by atoms with Crippen LogP contribution in [0.25, 0.3) is 16.6 Å². The maximum atomic E-state index is 13.6. The number of thioether (sulfide) groups is 1. The summed E-state index contributed by atoms with van der Waals surface area (Å²) in [5.41, 5.74) is -0.130. The van der Waals surface area contributed by atoms with E-state index in [1.807, 2.05) is 0 Å². The Bertz CT molecular complexity index is 1220. The third-order valence-electron chi connectivity index (χ3n) is 3.98. The van der Waals surface area contributed by atoms with E-state index < -0.39 is 23.3 Å². The average Bonchev–Trinajstić information content (AvgIpc) is 2.67. The quantitative estimate of drug-likeness (QED) is 0.453. The molecule has 0 atom stereocenters. The Morgan fingerprint density at radius 2 is 1.90 bits per heavy atom. The van der Waals surface area contributed by atoms with E-state index in [1.165, 1.54) is 16.7 Å². The molecule has 10 heteroatoms. The molecule has 0 saturated carbocycles. The van der Waals surface area contributed by atoms with Gasteiger partial charge in [-0.3, -0.25) is 19.5 Å². The Labute approximate surface area is 187 Å². The number of imide groups is 1. The fourth-order valence-electron chi connectivity index (χ4n) is 2.73. The summed E-state index contributed by atoms with van der Waals surface area (Å²) in [6.07, 6.45) is 0. The minimum absolute atomic E-state index is 0.148. The van der Waals surface area contributed by atoms with Crippen LogP contribution in [0.5, 0.6) is 0 Å². The van der Waals surface area contributed by atoms with Gasteiger partial charge in [0.1, 0.15) is 5.82 Å². The van der Waals surface area contributed by atoms with Crippen molar-refractivity contribution in [1.29, 1.82) is 0 Å². The predicted molar refractivity (Wildman–Crippen MR) is 119 cm³/mol. The van der Waals surface area contributed by atoms with Crippen molar-refractivity contribution in [3.05, 3.63) is 63.7 Å². The second-order valence-corrected chi connectivity index (χ2v) is 9.04. The molecule has 0 unspecified atom stereocenters. The van der Waals surface area contributed by atoms with E-state index in [2.05, 4.69) is 15.6 Å². The van der Waals surface area contributed by atoms with Crippen LogP contribution in [0.2, 0.25) is 5.02 Å². The molecule has 3 amide bonds. The number of carbonyl (C=O) groups excluding carboxylic acids is 2. The maximum absolute atomic E-state index is 13.6. The lowest BCUT2D eigenvalue weighted by Gasteiger charge is -2.20. The van der Waals surface area contributed by atoms with E-state index in [0.717, 1.165) is 17.8 Å². The number of rotatable bonds is 4. The SMILES string of the molecule is CC(C)(C)NC(=O)NC(=O)CSc1nc2ccccc2c(=O)n1-c1ccc(F)c(Cl)c1. The normalized spacial score (nSPS) is 11.4. The van der Waals surface area contributed by atoms with Crippen molar-refractivity contribution in [2.45, 2.75) is 31.5 Å². The molecule has 0 aliphatic heterocycles. The smallest absolute Gasteiger partial charge is 0.321 e. The number of nitrogens with one attached hydrogen (secondary N) is 2. The molecule has 0 bridgehead atoms. The van der Waals surface area contributed by atoms with Crippen molar-refractivity contribution in [3.8, 4) is 5.69 Å². The van der Waals surface area contributed by atoms with Gasteiger partial charge >= 0.3 is 6.03 Å². The van der Waals surface area contributed by atoms with Gasteiger partial charge in [0.25, 0.3) is 5.56 Å². The second-order valence-electron chi connectivity index (χ2n) is 7.69. The number of amides is 3. The third-order valence-corrected chi connectivity index (χ3v) is 5.21. The van der Waals surface area contributed by atoms with Gasteiger partial charge in [0.2, 0.25) is 5.91 Å². The minimum Gasteiger partial charge on any atom is -0.333 e. The van der Waals surface area contributed by atoms with Gasteiger partial charge in [-0.1, -0.05) is 35.5 Å². The summed E-state index contributed by atoms with van der Waals surface area (Å²) >= 11 is 6.87. The first-order valence-electron chi connectivity index (χ1n) is 9.27. The molecule has 31 heavy (non-hydrogen) atoms. The molecule has 162 valence electrons. The van der Waals surface area contributed by atoms with E-state index >= 15 is 0 Å². The summed E-state index contributed by atoms with van der Waals surface area (Å²) in [6, 6.07) is 10.0. The largest absolute Gasteiger partial charge is 0.333 e. The van der Waals surface area contributed by atoms with E-state index in [0.29, 0.717) is 16.6 Å². The van der Waals surface area contributed by atoms with Crippen molar-refractivity contribution in [1.82, 2.24) is 20.2 Å². The van der Waals surface area contributed by atoms with Gasteiger partial charge in [-0.25, -0.2) is 14.2 Å². The molecule has 0 radical (unpaired) electrons. The maximum Gasteiger partial charge on any atom is 0.321 e. The molecule has 0 saturated heterocycles. The summed E-state index contributed by atoms with van der Waals surface area (Å²) in [4.78, 5) is 41.7. The Morgan fingerprint density at radius 1 is 1.19 bits per heavy atom. The Balaban J connectivity index is 1.94. The number of urea groups is 1. The molecule has 0 spiro atoms. The highest BCUT2D eigenvalue weighted by atomic mass is 35.5.